The molecular weight excluding hydrogens is 402 g/mol. The molecule has 1 heterocycles. The zero-order valence-electron chi connectivity index (χ0n) is 16.7. The van der Waals surface area contributed by atoms with Crippen LogP contribution >= 0.6 is 11.8 Å². The lowest BCUT2D eigenvalue weighted by Crippen LogP contribution is -2.27. The molecule has 3 aromatic rings. The number of nitrogens with zero attached hydrogens (tertiary/aromatic N) is 1. The summed E-state index contributed by atoms with van der Waals surface area (Å²) in [5.74, 6) is 1.03. The zero-order chi connectivity index (χ0) is 21.3. The first-order valence-electron chi connectivity index (χ1n) is 9.12. The number of ether oxygens (including phenoxy) is 3. The Kier molecular flexibility index (Phi) is 5.37. The highest BCUT2D eigenvalue weighted by Crippen LogP contribution is 2.41. The van der Waals surface area contributed by atoms with Gasteiger partial charge in [0.2, 0.25) is 5.75 Å². The maximum atomic E-state index is 13.0. The second kappa shape index (κ2) is 8.12. The molecule has 1 aliphatic rings. The van der Waals surface area contributed by atoms with Crippen molar-refractivity contribution in [3.05, 3.63) is 65.1 Å². The summed E-state index contributed by atoms with van der Waals surface area (Å²) < 4.78 is 16.0. The SMILES string of the molecule is COc1cc(C=C2SC(=O)N(c3ccc4ccccc4c3)C2=O)cc(OC)c1OC. The molecule has 7 heteroatoms. The molecule has 0 radical (unpaired) electrons. The summed E-state index contributed by atoms with van der Waals surface area (Å²) in [7, 11) is 4.57. The number of imide groups is 1. The number of methoxy groups -OCH3 is 3. The molecule has 6 nitrogen and oxygen atoms in total. The number of hydrogen-bond donors (Lipinski definition) is 0. The molecule has 30 heavy (non-hydrogen) atoms. The predicted molar refractivity (Wildman–Crippen MR) is 118 cm³/mol. The van der Waals surface area contributed by atoms with Crippen molar-refractivity contribution in [1.82, 2.24) is 0 Å². The van der Waals surface area contributed by atoms with Crippen LogP contribution in [0, 0.1) is 0 Å². The number of hydrogen-bond acceptors (Lipinski definition) is 6. The summed E-state index contributed by atoms with van der Waals surface area (Å²) in [6, 6.07) is 16.8. The fraction of sp³-hybridized carbons (Fsp3) is 0.130. The molecule has 0 unspecified atom stereocenters. The van der Waals surface area contributed by atoms with Crippen LogP contribution in [0.15, 0.2) is 59.5 Å². The highest BCUT2D eigenvalue weighted by Gasteiger charge is 2.36. The van der Waals surface area contributed by atoms with Gasteiger partial charge in [0, 0.05) is 0 Å². The first-order chi connectivity index (χ1) is 14.5. The van der Waals surface area contributed by atoms with Crippen molar-refractivity contribution in [3.63, 3.8) is 0 Å². The van der Waals surface area contributed by atoms with Crippen molar-refractivity contribution < 1.29 is 23.8 Å². The van der Waals surface area contributed by atoms with E-state index in [1.807, 2.05) is 36.4 Å². The molecule has 1 aliphatic heterocycles. The van der Waals surface area contributed by atoms with E-state index < -0.39 is 0 Å². The minimum absolute atomic E-state index is 0.322. The molecule has 0 aliphatic carbocycles. The minimum Gasteiger partial charge on any atom is -0.493 e. The maximum absolute atomic E-state index is 13.0. The van der Waals surface area contributed by atoms with Crippen LogP contribution in [0.3, 0.4) is 0 Å². The lowest BCUT2D eigenvalue weighted by molar-refractivity contribution is -0.113. The van der Waals surface area contributed by atoms with Crippen LogP contribution in [0.5, 0.6) is 17.2 Å². The first kappa shape index (κ1) is 19.8. The van der Waals surface area contributed by atoms with Gasteiger partial charge in [0.05, 0.1) is 31.9 Å². The van der Waals surface area contributed by atoms with Gasteiger partial charge in [-0.3, -0.25) is 9.59 Å². The Balaban J connectivity index is 1.71. The zero-order valence-corrected chi connectivity index (χ0v) is 17.5. The van der Waals surface area contributed by atoms with Gasteiger partial charge in [0.1, 0.15) is 0 Å². The third-order valence-corrected chi connectivity index (χ3v) is 5.64. The molecule has 2 amide bonds. The van der Waals surface area contributed by atoms with Crippen molar-refractivity contribution in [1.29, 1.82) is 0 Å². The Morgan fingerprint density at radius 2 is 1.50 bits per heavy atom. The summed E-state index contributed by atoms with van der Waals surface area (Å²) in [5, 5.41) is 1.66. The molecule has 1 saturated heterocycles. The van der Waals surface area contributed by atoms with Crippen LogP contribution < -0.4 is 19.1 Å². The average molecular weight is 421 g/mol. The number of anilines is 1. The van der Waals surface area contributed by atoms with Crippen LogP contribution in [0.1, 0.15) is 5.56 Å². The van der Waals surface area contributed by atoms with Crippen LogP contribution in [-0.2, 0) is 4.79 Å². The van der Waals surface area contributed by atoms with E-state index in [1.165, 1.54) is 26.2 Å². The van der Waals surface area contributed by atoms with Gasteiger partial charge in [-0.25, -0.2) is 4.90 Å². The van der Waals surface area contributed by atoms with E-state index in [1.54, 1.807) is 24.3 Å². The minimum atomic E-state index is -0.367. The Hall–Kier alpha value is -3.45. The van der Waals surface area contributed by atoms with Crippen molar-refractivity contribution >= 4 is 45.4 Å². The van der Waals surface area contributed by atoms with Crippen molar-refractivity contribution in [2.75, 3.05) is 26.2 Å². The predicted octanol–water partition coefficient (Wildman–Crippen LogP) is 5.11. The summed E-state index contributed by atoms with van der Waals surface area (Å²) in [6.07, 6.45) is 1.65. The normalized spacial score (nSPS) is 15.2. The third kappa shape index (κ3) is 3.48. The Bertz CT molecular complexity index is 1160. The summed E-state index contributed by atoms with van der Waals surface area (Å²) in [6.45, 7) is 0. The number of carbonyl (C=O) groups excluding carboxylic acids is 2. The van der Waals surface area contributed by atoms with Gasteiger partial charge >= 0.3 is 0 Å². The maximum Gasteiger partial charge on any atom is 0.298 e. The highest BCUT2D eigenvalue weighted by molar-refractivity contribution is 8.19. The molecule has 0 bridgehead atoms. The number of amides is 2. The number of thioether (sulfide) groups is 1. The Morgan fingerprint density at radius 3 is 2.13 bits per heavy atom. The number of rotatable bonds is 5. The van der Waals surface area contributed by atoms with Gasteiger partial charge in [-0.05, 0) is 58.4 Å². The standard InChI is InChI=1S/C23H19NO5S/c1-27-18-10-14(11-19(28-2)21(18)29-3)12-20-22(25)24(23(26)30-20)17-9-8-15-6-4-5-7-16(15)13-17/h4-13H,1-3H3. The van der Waals surface area contributed by atoms with E-state index in [-0.39, 0.29) is 11.1 Å². The monoisotopic (exact) mass is 421 g/mol. The fourth-order valence-corrected chi connectivity index (χ4v) is 4.18. The van der Waals surface area contributed by atoms with Crippen LogP contribution in [0.2, 0.25) is 0 Å². The van der Waals surface area contributed by atoms with Gasteiger partial charge in [0.25, 0.3) is 11.1 Å². The van der Waals surface area contributed by atoms with Crippen LogP contribution in [0.4, 0.5) is 10.5 Å². The van der Waals surface area contributed by atoms with E-state index in [0.717, 1.165) is 22.5 Å². The van der Waals surface area contributed by atoms with E-state index in [4.69, 9.17) is 14.2 Å². The van der Waals surface area contributed by atoms with E-state index in [9.17, 15) is 9.59 Å². The van der Waals surface area contributed by atoms with Gasteiger partial charge in [-0.2, -0.15) is 0 Å². The van der Waals surface area contributed by atoms with Gasteiger partial charge in [0.15, 0.2) is 11.5 Å². The van der Waals surface area contributed by atoms with Crippen molar-refractivity contribution in [3.8, 4) is 17.2 Å². The van der Waals surface area contributed by atoms with Gasteiger partial charge in [-0.15, -0.1) is 0 Å². The number of carbonyl (C=O) groups is 2. The van der Waals surface area contributed by atoms with E-state index in [0.29, 0.717) is 33.4 Å². The molecule has 3 aromatic carbocycles. The number of fused-ring (bicyclic) bond motifs is 1. The van der Waals surface area contributed by atoms with Crippen molar-refractivity contribution in [2.24, 2.45) is 0 Å². The Morgan fingerprint density at radius 1 is 0.833 bits per heavy atom. The van der Waals surface area contributed by atoms with Crippen LogP contribution in [-0.4, -0.2) is 32.5 Å². The van der Waals surface area contributed by atoms with E-state index >= 15 is 0 Å². The highest BCUT2D eigenvalue weighted by atomic mass is 32.2. The molecule has 0 spiro atoms. The molecule has 0 atom stereocenters. The second-order valence-electron chi connectivity index (χ2n) is 6.51. The van der Waals surface area contributed by atoms with Crippen molar-refractivity contribution in [2.45, 2.75) is 0 Å². The van der Waals surface area contributed by atoms with E-state index in [2.05, 4.69) is 0 Å². The third-order valence-electron chi connectivity index (χ3n) is 4.77. The topological polar surface area (TPSA) is 65.1 Å². The summed E-state index contributed by atoms with van der Waals surface area (Å²) in [5.41, 5.74) is 1.21. The lowest BCUT2D eigenvalue weighted by Gasteiger charge is -2.14. The van der Waals surface area contributed by atoms with Gasteiger partial charge < -0.3 is 14.2 Å². The Labute approximate surface area is 178 Å². The first-order valence-corrected chi connectivity index (χ1v) is 9.94. The average Bonchev–Trinajstić information content (AvgIpc) is 3.05. The quantitative estimate of drug-likeness (QED) is 0.534. The van der Waals surface area contributed by atoms with Gasteiger partial charge in [-0.1, -0.05) is 30.3 Å². The summed E-state index contributed by atoms with van der Waals surface area (Å²) in [4.78, 5) is 27.2. The molecule has 0 aromatic heterocycles. The number of benzene rings is 3. The van der Waals surface area contributed by atoms with Crippen LogP contribution in [0.25, 0.3) is 16.8 Å². The summed E-state index contributed by atoms with van der Waals surface area (Å²) >= 11 is 0.899. The smallest absolute Gasteiger partial charge is 0.298 e. The molecule has 0 saturated carbocycles. The largest absolute Gasteiger partial charge is 0.493 e. The second-order valence-corrected chi connectivity index (χ2v) is 7.50. The molecule has 0 N–H and O–H groups in total. The lowest BCUT2D eigenvalue weighted by atomic mass is 10.1. The molecule has 1 fully saturated rings. The molecular formula is C23H19NO5S. The fourth-order valence-electron chi connectivity index (χ4n) is 3.34. The molecule has 152 valence electrons. The molecule has 4 rings (SSSR count).